The van der Waals surface area contributed by atoms with Crippen molar-refractivity contribution in [2.24, 2.45) is 0 Å². The Labute approximate surface area is 137 Å². The van der Waals surface area contributed by atoms with Crippen LogP contribution in [0.25, 0.3) is 0 Å². The highest BCUT2D eigenvalue weighted by molar-refractivity contribution is 7.94. The summed E-state index contributed by atoms with van der Waals surface area (Å²) >= 11 is 0. The number of ether oxygens (including phenoxy) is 2. The molecule has 0 saturated heterocycles. The molecule has 0 atom stereocenters. The lowest BCUT2D eigenvalue weighted by Crippen LogP contribution is -2.31. The van der Waals surface area contributed by atoms with Gasteiger partial charge in [-0.25, -0.2) is 21.8 Å². The number of rotatable bonds is 16. The Bertz CT molecular complexity index is 484. The Morgan fingerprint density at radius 1 is 0.739 bits per heavy atom. The topological polar surface area (TPSA) is 120 Å². The van der Waals surface area contributed by atoms with Crippen molar-refractivity contribution < 1.29 is 31.2 Å². The standard InChI is InChI=1S/C12H24N2O7S2/c1-3-22(15,16)11-9-19-7-5-13-21-14-6-8-20-10-12-23(17,18)4-2/h3-4,13-14H,1-2,5-12H2. The molecule has 0 aliphatic carbocycles. The zero-order valence-corrected chi connectivity index (χ0v) is 14.5. The molecule has 0 heterocycles. The summed E-state index contributed by atoms with van der Waals surface area (Å²) in [6.45, 7) is 7.85. The molecule has 2 N–H and O–H groups in total. The van der Waals surface area contributed by atoms with Crippen LogP contribution in [0.3, 0.4) is 0 Å². The molecule has 0 unspecified atom stereocenters. The zero-order chi connectivity index (χ0) is 17.6. The van der Waals surface area contributed by atoms with Crippen LogP contribution < -0.4 is 11.0 Å². The first-order valence-electron chi connectivity index (χ1n) is 6.80. The highest BCUT2D eigenvalue weighted by Crippen LogP contribution is 1.91. The van der Waals surface area contributed by atoms with Gasteiger partial charge in [-0.15, -0.1) is 0 Å². The van der Waals surface area contributed by atoms with Gasteiger partial charge in [0.05, 0.1) is 37.9 Å². The fraction of sp³-hybridized carbons (Fsp3) is 0.667. The lowest BCUT2D eigenvalue weighted by atomic mass is 10.7. The molecule has 0 saturated carbocycles. The average Bonchev–Trinajstić information content (AvgIpc) is 2.51. The molecule has 0 rings (SSSR count). The molecule has 23 heavy (non-hydrogen) atoms. The largest absolute Gasteiger partial charge is 0.379 e. The van der Waals surface area contributed by atoms with E-state index in [1.54, 1.807) is 0 Å². The van der Waals surface area contributed by atoms with E-state index in [4.69, 9.17) is 14.4 Å². The minimum atomic E-state index is -3.23. The van der Waals surface area contributed by atoms with E-state index < -0.39 is 19.7 Å². The van der Waals surface area contributed by atoms with Crippen LogP contribution >= 0.6 is 0 Å². The first-order valence-corrected chi connectivity index (χ1v) is 10.2. The SMILES string of the molecule is C=CS(=O)(=O)CCOCCNONCCOCCS(=O)(=O)C=C. The van der Waals surface area contributed by atoms with Crippen LogP contribution in [-0.4, -0.2) is 67.9 Å². The van der Waals surface area contributed by atoms with Gasteiger partial charge in [-0.2, -0.15) is 11.0 Å². The van der Waals surface area contributed by atoms with Gasteiger partial charge in [-0.1, -0.05) is 13.2 Å². The molecule has 9 nitrogen and oxygen atoms in total. The number of hydrogen-bond donors (Lipinski definition) is 2. The van der Waals surface area contributed by atoms with E-state index in [1.165, 1.54) is 0 Å². The second-order valence-electron chi connectivity index (χ2n) is 4.18. The number of nitrogens with one attached hydrogen (secondary N) is 2. The molecular weight excluding hydrogens is 348 g/mol. The third-order valence-corrected chi connectivity index (χ3v) is 4.86. The van der Waals surface area contributed by atoms with Crippen molar-refractivity contribution >= 4 is 19.7 Å². The first kappa shape index (κ1) is 22.2. The molecule has 0 aromatic carbocycles. The van der Waals surface area contributed by atoms with E-state index in [0.717, 1.165) is 10.8 Å². The van der Waals surface area contributed by atoms with Crippen LogP contribution in [0.15, 0.2) is 24.0 Å². The van der Waals surface area contributed by atoms with Crippen LogP contribution in [0.5, 0.6) is 0 Å². The third kappa shape index (κ3) is 14.5. The molecule has 0 aliphatic rings. The highest BCUT2D eigenvalue weighted by Gasteiger charge is 2.04. The van der Waals surface area contributed by atoms with Gasteiger partial charge in [-0.05, 0) is 0 Å². The van der Waals surface area contributed by atoms with Gasteiger partial charge in [0.2, 0.25) is 0 Å². The van der Waals surface area contributed by atoms with E-state index in [0.29, 0.717) is 13.1 Å². The van der Waals surface area contributed by atoms with E-state index in [1.807, 2.05) is 0 Å². The smallest absolute Gasteiger partial charge is 0.173 e. The van der Waals surface area contributed by atoms with Crippen LogP contribution in [0.4, 0.5) is 0 Å². The van der Waals surface area contributed by atoms with Crippen LogP contribution in [0, 0.1) is 0 Å². The molecule has 0 fully saturated rings. The maximum atomic E-state index is 11.1. The van der Waals surface area contributed by atoms with Crippen molar-refractivity contribution in [2.75, 3.05) is 51.0 Å². The second kappa shape index (κ2) is 12.6. The first-order chi connectivity index (χ1) is 10.8. The van der Waals surface area contributed by atoms with Crippen molar-refractivity contribution in [1.29, 1.82) is 0 Å². The Kier molecular flexibility index (Phi) is 12.1. The van der Waals surface area contributed by atoms with Crippen molar-refractivity contribution in [2.45, 2.75) is 0 Å². The van der Waals surface area contributed by atoms with Gasteiger partial charge in [0.15, 0.2) is 19.7 Å². The molecule has 0 aromatic rings. The lowest BCUT2D eigenvalue weighted by molar-refractivity contribution is -0.0542. The summed E-state index contributed by atoms with van der Waals surface area (Å²) in [5, 5.41) is 1.80. The van der Waals surface area contributed by atoms with Gasteiger partial charge in [-0.3, -0.25) is 0 Å². The molecule has 0 amide bonds. The maximum Gasteiger partial charge on any atom is 0.173 e. The van der Waals surface area contributed by atoms with Gasteiger partial charge >= 0.3 is 0 Å². The summed E-state index contributed by atoms with van der Waals surface area (Å²) in [5.74, 6) is -0.205. The molecule has 0 spiro atoms. The number of hydroxylamine groups is 2. The van der Waals surface area contributed by atoms with E-state index in [9.17, 15) is 16.8 Å². The van der Waals surface area contributed by atoms with Crippen LogP contribution in [0.2, 0.25) is 0 Å². The maximum absolute atomic E-state index is 11.1. The number of hydrogen-bond acceptors (Lipinski definition) is 9. The summed E-state index contributed by atoms with van der Waals surface area (Å²) < 4.78 is 54.4. The molecule has 11 heteroatoms. The van der Waals surface area contributed by atoms with Crippen LogP contribution in [0.1, 0.15) is 0 Å². The van der Waals surface area contributed by atoms with E-state index in [-0.39, 0.29) is 37.9 Å². The van der Waals surface area contributed by atoms with Gasteiger partial charge in [0.1, 0.15) is 0 Å². The Hall–Kier alpha value is -0.820. The summed E-state index contributed by atoms with van der Waals surface area (Å²) in [7, 11) is -6.45. The summed E-state index contributed by atoms with van der Waals surface area (Å²) in [4.78, 5) is 4.84. The molecule has 0 aliphatic heterocycles. The fourth-order valence-electron chi connectivity index (χ4n) is 1.10. The van der Waals surface area contributed by atoms with Crippen molar-refractivity contribution in [3.05, 3.63) is 24.0 Å². The molecule has 0 aromatic heterocycles. The van der Waals surface area contributed by atoms with Crippen molar-refractivity contribution in [1.82, 2.24) is 11.0 Å². The summed E-state index contributed by atoms with van der Waals surface area (Å²) in [6, 6.07) is 0. The lowest BCUT2D eigenvalue weighted by Gasteiger charge is -2.08. The Morgan fingerprint density at radius 3 is 1.48 bits per heavy atom. The van der Waals surface area contributed by atoms with Gasteiger partial charge < -0.3 is 9.47 Å². The quantitative estimate of drug-likeness (QED) is 0.264. The minimum Gasteiger partial charge on any atom is -0.379 e. The third-order valence-electron chi connectivity index (χ3n) is 2.37. The van der Waals surface area contributed by atoms with Crippen LogP contribution in [-0.2, 0) is 34.1 Å². The second-order valence-corrected chi connectivity index (χ2v) is 8.32. The fourth-order valence-corrected chi connectivity index (χ4v) is 2.14. The van der Waals surface area contributed by atoms with Crippen molar-refractivity contribution in [3.63, 3.8) is 0 Å². The minimum absolute atomic E-state index is 0.0882. The molecule has 136 valence electrons. The molecular formula is C12H24N2O7S2. The highest BCUT2D eigenvalue weighted by atomic mass is 32.2. The zero-order valence-electron chi connectivity index (χ0n) is 12.9. The van der Waals surface area contributed by atoms with E-state index >= 15 is 0 Å². The van der Waals surface area contributed by atoms with Gasteiger partial charge in [0.25, 0.3) is 0 Å². The number of sulfone groups is 2. The summed E-state index contributed by atoms with van der Waals surface area (Å²) in [6.07, 6.45) is 0. The molecule has 0 bridgehead atoms. The normalized spacial score (nSPS) is 12.2. The van der Waals surface area contributed by atoms with Crippen molar-refractivity contribution in [3.8, 4) is 0 Å². The predicted octanol–water partition coefficient (Wildman–Crippen LogP) is -0.838. The Morgan fingerprint density at radius 2 is 1.13 bits per heavy atom. The van der Waals surface area contributed by atoms with E-state index in [2.05, 4.69) is 24.1 Å². The molecule has 0 radical (unpaired) electrons. The summed E-state index contributed by atoms with van der Waals surface area (Å²) in [5.41, 5.74) is 5.10. The van der Waals surface area contributed by atoms with Gasteiger partial charge in [0, 0.05) is 23.9 Å². The predicted molar refractivity (Wildman–Crippen MR) is 86.7 cm³/mol. The Balaban J connectivity index is 3.28. The average molecular weight is 372 g/mol. The monoisotopic (exact) mass is 372 g/mol.